The van der Waals surface area contributed by atoms with E-state index < -0.39 is 0 Å². The Morgan fingerprint density at radius 1 is 1.12 bits per heavy atom. The van der Waals surface area contributed by atoms with E-state index >= 15 is 0 Å². The van der Waals surface area contributed by atoms with Crippen LogP contribution in [0.25, 0.3) is 0 Å². The molecule has 2 fully saturated rings. The number of hydrogen-bond acceptors (Lipinski definition) is 4. The van der Waals surface area contributed by atoms with Crippen LogP contribution < -0.4 is 5.32 Å². The molecule has 4 nitrogen and oxygen atoms in total. The highest BCUT2D eigenvalue weighted by Gasteiger charge is 2.22. The topological polar surface area (TPSA) is 21.8 Å². The van der Waals surface area contributed by atoms with Crippen molar-refractivity contribution in [1.29, 1.82) is 0 Å². The number of hydrogen-bond donors (Lipinski definition) is 1. The Morgan fingerprint density at radius 2 is 1.75 bits per heavy atom. The van der Waals surface area contributed by atoms with Crippen molar-refractivity contribution in [2.75, 3.05) is 60.0 Å². The van der Waals surface area contributed by atoms with Gasteiger partial charge in [0.25, 0.3) is 0 Å². The fraction of sp³-hybridized carbons (Fsp3) is 1.00. The second-order valence-electron chi connectivity index (χ2n) is 5.30. The number of likely N-dealkylation sites (tertiary alicyclic amines) is 1. The Balaban J connectivity index is 1.72. The van der Waals surface area contributed by atoms with Crippen LogP contribution in [0.2, 0.25) is 0 Å². The van der Waals surface area contributed by atoms with Crippen LogP contribution in [0, 0.1) is 0 Å². The van der Waals surface area contributed by atoms with E-state index in [1.54, 1.807) is 0 Å². The molecular weight excluding hydrogens is 200 g/mol. The number of piperidine rings is 1. The molecule has 0 spiro atoms. The molecule has 0 bridgehead atoms. The van der Waals surface area contributed by atoms with Crippen LogP contribution in [0.3, 0.4) is 0 Å². The molecule has 0 aliphatic carbocycles. The summed E-state index contributed by atoms with van der Waals surface area (Å²) in [5, 5.41) is 3.41. The van der Waals surface area contributed by atoms with Crippen LogP contribution in [0.4, 0.5) is 0 Å². The summed E-state index contributed by atoms with van der Waals surface area (Å²) >= 11 is 0. The van der Waals surface area contributed by atoms with Crippen LogP contribution in [0.5, 0.6) is 0 Å². The van der Waals surface area contributed by atoms with Gasteiger partial charge in [0.15, 0.2) is 0 Å². The lowest BCUT2D eigenvalue weighted by Gasteiger charge is -2.38. The third-order valence-electron chi connectivity index (χ3n) is 3.94. The van der Waals surface area contributed by atoms with Crippen molar-refractivity contribution in [2.45, 2.75) is 18.9 Å². The summed E-state index contributed by atoms with van der Waals surface area (Å²) in [5.41, 5.74) is 0. The zero-order chi connectivity index (χ0) is 11.4. The maximum Gasteiger partial charge on any atom is 0.0507 e. The van der Waals surface area contributed by atoms with Crippen molar-refractivity contribution in [3.05, 3.63) is 0 Å². The van der Waals surface area contributed by atoms with Crippen molar-refractivity contribution in [2.24, 2.45) is 0 Å². The molecule has 16 heavy (non-hydrogen) atoms. The number of piperazine rings is 1. The summed E-state index contributed by atoms with van der Waals surface area (Å²) in [7, 11) is 4.52. The molecule has 2 aliphatic heterocycles. The molecule has 1 N–H and O–H groups in total. The largest absolute Gasteiger partial charge is 0.314 e. The third-order valence-corrected chi connectivity index (χ3v) is 3.94. The molecule has 4 heteroatoms. The standard InChI is InChI=1S/C12H26N4/c1-14-7-3-12(4-8-14)15(2)11-16-9-5-13-6-10-16/h12-13H,3-11H2,1-2H3. The first kappa shape index (κ1) is 12.3. The van der Waals surface area contributed by atoms with Gasteiger partial charge in [0, 0.05) is 32.2 Å². The fourth-order valence-electron chi connectivity index (χ4n) is 2.72. The Kier molecular flexibility index (Phi) is 4.58. The minimum absolute atomic E-state index is 0.797. The second kappa shape index (κ2) is 5.96. The van der Waals surface area contributed by atoms with Gasteiger partial charge in [-0.15, -0.1) is 0 Å². The molecule has 2 aliphatic rings. The van der Waals surface area contributed by atoms with E-state index in [0.29, 0.717) is 0 Å². The predicted octanol–water partition coefficient (Wildman–Crippen LogP) is -0.125. The van der Waals surface area contributed by atoms with Gasteiger partial charge in [0.2, 0.25) is 0 Å². The monoisotopic (exact) mass is 226 g/mol. The van der Waals surface area contributed by atoms with E-state index in [0.717, 1.165) is 25.8 Å². The Labute approximate surface area is 99.6 Å². The molecule has 0 aromatic carbocycles. The van der Waals surface area contributed by atoms with Gasteiger partial charge >= 0.3 is 0 Å². The first-order chi connectivity index (χ1) is 7.75. The van der Waals surface area contributed by atoms with Crippen LogP contribution >= 0.6 is 0 Å². The molecule has 2 heterocycles. The minimum atomic E-state index is 0.797. The van der Waals surface area contributed by atoms with Gasteiger partial charge in [-0.25, -0.2) is 0 Å². The van der Waals surface area contributed by atoms with E-state index in [1.807, 2.05) is 0 Å². The SMILES string of the molecule is CN1CCC(N(C)CN2CCNCC2)CC1. The zero-order valence-electron chi connectivity index (χ0n) is 10.8. The summed E-state index contributed by atoms with van der Waals surface area (Å²) in [6, 6.07) is 0.797. The van der Waals surface area contributed by atoms with Crippen LogP contribution in [-0.4, -0.2) is 80.8 Å². The molecule has 0 atom stereocenters. The lowest BCUT2D eigenvalue weighted by molar-refractivity contribution is 0.0751. The Morgan fingerprint density at radius 3 is 2.38 bits per heavy atom. The van der Waals surface area contributed by atoms with Gasteiger partial charge in [-0.2, -0.15) is 0 Å². The summed E-state index contributed by atoms with van der Waals surface area (Å²) < 4.78 is 0. The summed E-state index contributed by atoms with van der Waals surface area (Å²) in [6.07, 6.45) is 2.66. The Hall–Kier alpha value is -0.160. The van der Waals surface area contributed by atoms with Gasteiger partial charge in [0.1, 0.15) is 0 Å². The maximum absolute atomic E-state index is 3.41. The second-order valence-corrected chi connectivity index (χ2v) is 5.30. The average molecular weight is 226 g/mol. The maximum atomic E-state index is 3.41. The van der Waals surface area contributed by atoms with E-state index in [1.165, 1.54) is 39.0 Å². The van der Waals surface area contributed by atoms with Gasteiger partial charge in [-0.3, -0.25) is 9.80 Å². The van der Waals surface area contributed by atoms with Gasteiger partial charge in [-0.1, -0.05) is 0 Å². The highest BCUT2D eigenvalue weighted by Crippen LogP contribution is 2.14. The molecule has 0 aromatic heterocycles. The quantitative estimate of drug-likeness (QED) is 0.724. The smallest absolute Gasteiger partial charge is 0.0507 e. The third kappa shape index (κ3) is 3.42. The molecular formula is C12H26N4. The molecule has 94 valence electrons. The van der Waals surface area contributed by atoms with Crippen molar-refractivity contribution in [1.82, 2.24) is 20.0 Å². The zero-order valence-corrected chi connectivity index (χ0v) is 10.8. The van der Waals surface area contributed by atoms with Gasteiger partial charge < -0.3 is 10.2 Å². The fourth-order valence-corrected chi connectivity index (χ4v) is 2.72. The van der Waals surface area contributed by atoms with Crippen LogP contribution in [0.1, 0.15) is 12.8 Å². The first-order valence-electron chi connectivity index (χ1n) is 6.57. The summed E-state index contributed by atoms with van der Waals surface area (Å²) in [5.74, 6) is 0. The van der Waals surface area contributed by atoms with Crippen LogP contribution in [0.15, 0.2) is 0 Å². The van der Waals surface area contributed by atoms with E-state index in [9.17, 15) is 0 Å². The van der Waals surface area contributed by atoms with Crippen molar-refractivity contribution >= 4 is 0 Å². The van der Waals surface area contributed by atoms with E-state index in [-0.39, 0.29) is 0 Å². The van der Waals surface area contributed by atoms with Crippen molar-refractivity contribution < 1.29 is 0 Å². The number of rotatable bonds is 3. The molecule has 0 radical (unpaired) electrons. The first-order valence-corrected chi connectivity index (χ1v) is 6.57. The lowest BCUT2D eigenvalue weighted by Crippen LogP contribution is -2.51. The highest BCUT2D eigenvalue weighted by atomic mass is 15.3. The Bertz CT molecular complexity index is 195. The van der Waals surface area contributed by atoms with Crippen LogP contribution in [-0.2, 0) is 0 Å². The molecule has 2 saturated heterocycles. The van der Waals surface area contributed by atoms with Crippen molar-refractivity contribution in [3.8, 4) is 0 Å². The van der Waals surface area contributed by atoms with Gasteiger partial charge in [0.05, 0.1) is 6.67 Å². The van der Waals surface area contributed by atoms with E-state index in [4.69, 9.17) is 0 Å². The highest BCUT2D eigenvalue weighted by molar-refractivity contribution is 4.77. The molecule has 2 rings (SSSR count). The predicted molar refractivity (Wildman–Crippen MR) is 67.6 cm³/mol. The lowest BCUT2D eigenvalue weighted by atomic mass is 10.0. The summed E-state index contributed by atoms with van der Waals surface area (Å²) in [4.78, 5) is 7.56. The summed E-state index contributed by atoms with van der Waals surface area (Å²) in [6.45, 7) is 8.39. The van der Waals surface area contributed by atoms with E-state index in [2.05, 4.69) is 34.1 Å². The van der Waals surface area contributed by atoms with Crippen molar-refractivity contribution in [3.63, 3.8) is 0 Å². The molecule has 0 saturated carbocycles. The number of nitrogens with one attached hydrogen (secondary N) is 1. The number of nitrogens with zero attached hydrogens (tertiary/aromatic N) is 3. The molecule has 0 aromatic rings. The molecule has 0 amide bonds. The molecule has 0 unspecified atom stereocenters. The normalized spacial score (nSPS) is 26.4. The van der Waals surface area contributed by atoms with Gasteiger partial charge in [-0.05, 0) is 40.0 Å². The average Bonchev–Trinajstić information content (AvgIpc) is 2.31. The minimum Gasteiger partial charge on any atom is -0.314 e.